The summed E-state index contributed by atoms with van der Waals surface area (Å²) >= 11 is 0. The summed E-state index contributed by atoms with van der Waals surface area (Å²) in [6.45, 7) is 9.60. The van der Waals surface area contributed by atoms with Crippen molar-refractivity contribution in [2.24, 2.45) is 4.99 Å². The Morgan fingerprint density at radius 1 is 1.26 bits per heavy atom. The van der Waals surface area contributed by atoms with E-state index in [9.17, 15) is 0 Å². The van der Waals surface area contributed by atoms with Crippen LogP contribution in [0, 0.1) is 6.92 Å². The minimum Gasteiger partial charge on any atom is -0.497 e. The molecule has 7 heteroatoms. The van der Waals surface area contributed by atoms with Crippen molar-refractivity contribution in [3.63, 3.8) is 0 Å². The van der Waals surface area contributed by atoms with Crippen LogP contribution in [0.3, 0.4) is 0 Å². The number of hydrogen-bond donors (Lipinski definition) is 2. The molecule has 0 aliphatic carbocycles. The van der Waals surface area contributed by atoms with Crippen LogP contribution in [0.4, 0.5) is 0 Å². The van der Waals surface area contributed by atoms with Crippen LogP contribution in [-0.4, -0.2) is 42.5 Å². The fraction of sp³-hybridized carbons (Fsp3) is 0.500. The lowest BCUT2D eigenvalue weighted by atomic mass is 9.98. The fourth-order valence-corrected chi connectivity index (χ4v) is 2.69. The van der Waals surface area contributed by atoms with E-state index in [1.807, 2.05) is 36.1 Å². The molecule has 6 nitrogen and oxygen atoms in total. The smallest absolute Gasteiger partial charge is 0.191 e. The molecule has 1 heterocycles. The van der Waals surface area contributed by atoms with Crippen LogP contribution in [0.5, 0.6) is 5.75 Å². The van der Waals surface area contributed by atoms with Gasteiger partial charge in [-0.15, -0.1) is 24.0 Å². The van der Waals surface area contributed by atoms with Gasteiger partial charge in [-0.25, -0.2) is 0 Å². The first-order valence-corrected chi connectivity index (χ1v) is 9.27. The first-order valence-electron chi connectivity index (χ1n) is 9.27. The quantitative estimate of drug-likeness (QED) is 0.324. The lowest BCUT2D eigenvalue weighted by Gasteiger charge is -2.13. The van der Waals surface area contributed by atoms with Crippen LogP contribution >= 0.6 is 24.0 Å². The molecule has 0 saturated heterocycles. The topological polar surface area (TPSA) is 63.5 Å². The molecule has 0 spiro atoms. The van der Waals surface area contributed by atoms with Gasteiger partial charge in [0, 0.05) is 25.8 Å². The zero-order chi connectivity index (χ0) is 18.8. The molecule has 0 aliphatic heterocycles. The molecule has 2 rings (SSSR count). The highest BCUT2D eigenvalue weighted by Crippen LogP contribution is 2.21. The van der Waals surface area contributed by atoms with Gasteiger partial charge in [-0.2, -0.15) is 5.10 Å². The van der Waals surface area contributed by atoms with Gasteiger partial charge in [0.25, 0.3) is 0 Å². The zero-order valence-corrected chi connectivity index (χ0v) is 19.1. The van der Waals surface area contributed by atoms with Crippen molar-refractivity contribution in [3.05, 3.63) is 47.8 Å². The molecule has 2 N–H and O–H groups in total. The minimum absolute atomic E-state index is 0. The summed E-state index contributed by atoms with van der Waals surface area (Å²) in [5.74, 6) is 2.21. The van der Waals surface area contributed by atoms with Crippen LogP contribution in [0.15, 0.2) is 41.7 Å². The molecule has 2 aromatic rings. The van der Waals surface area contributed by atoms with Crippen LogP contribution < -0.4 is 15.4 Å². The van der Waals surface area contributed by atoms with Gasteiger partial charge in [0.05, 0.1) is 19.9 Å². The number of aromatic nitrogens is 2. The molecule has 1 atom stereocenters. The molecular weight excluding hydrogens is 453 g/mol. The summed E-state index contributed by atoms with van der Waals surface area (Å²) in [5.41, 5.74) is 2.49. The third kappa shape index (κ3) is 8.19. The predicted molar refractivity (Wildman–Crippen MR) is 122 cm³/mol. The van der Waals surface area contributed by atoms with Crippen molar-refractivity contribution in [3.8, 4) is 5.75 Å². The van der Waals surface area contributed by atoms with Gasteiger partial charge in [0.1, 0.15) is 5.75 Å². The van der Waals surface area contributed by atoms with E-state index in [4.69, 9.17) is 4.74 Å². The van der Waals surface area contributed by atoms with Gasteiger partial charge >= 0.3 is 0 Å². The monoisotopic (exact) mass is 485 g/mol. The number of methoxy groups -OCH3 is 1. The van der Waals surface area contributed by atoms with Crippen molar-refractivity contribution in [1.29, 1.82) is 0 Å². The van der Waals surface area contributed by atoms with Crippen molar-refractivity contribution >= 4 is 29.9 Å². The van der Waals surface area contributed by atoms with Crippen LogP contribution in [-0.2, 0) is 6.54 Å². The number of benzene rings is 1. The van der Waals surface area contributed by atoms with Gasteiger partial charge < -0.3 is 15.4 Å². The molecular formula is C20H32IN5O. The third-order valence-electron chi connectivity index (χ3n) is 4.26. The van der Waals surface area contributed by atoms with E-state index >= 15 is 0 Å². The van der Waals surface area contributed by atoms with E-state index in [0.717, 1.165) is 44.3 Å². The number of hydrogen-bond acceptors (Lipinski definition) is 3. The minimum atomic E-state index is 0. The van der Waals surface area contributed by atoms with Gasteiger partial charge in [0.2, 0.25) is 0 Å². The van der Waals surface area contributed by atoms with E-state index in [1.54, 1.807) is 7.11 Å². The number of aryl methyl sites for hydroxylation is 1. The number of rotatable bonds is 9. The highest BCUT2D eigenvalue weighted by atomic mass is 127. The van der Waals surface area contributed by atoms with Gasteiger partial charge in [-0.3, -0.25) is 9.67 Å². The number of nitrogens with zero attached hydrogens (tertiary/aromatic N) is 3. The van der Waals surface area contributed by atoms with Crippen LogP contribution in [0.25, 0.3) is 0 Å². The predicted octanol–water partition coefficient (Wildman–Crippen LogP) is 3.57. The number of ether oxygens (including phenoxy) is 1. The zero-order valence-electron chi connectivity index (χ0n) is 16.7. The number of aliphatic imine (C=N–C) groups is 1. The molecule has 0 amide bonds. The van der Waals surface area contributed by atoms with Gasteiger partial charge in [0.15, 0.2) is 5.96 Å². The molecule has 27 heavy (non-hydrogen) atoms. The summed E-state index contributed by atoms with van der Waals surface area (Å²) in [6.07, 6.45) is 4.92. The van der Waals surface area contributed by atoms with Gasteiger partial charge in [-0.05, 0) is 49.4 Å². The van der Waals surface area contributed by atoms with Crippen molar-refractivity contribution in [2.45, 2.75) is 39.7 Å². The Hall–Kier alpha value is -1.77. The normalized spacial score (nSPS) is 12.2. The molecule has 0 bridgehead atoms. The molecule has 0 saturated carbocycles. The second-order valence-corrected chi connectivity index (χ2v) is 6.43. The summed E-state index contributed by atoms with van der Waals surface area (Å²) in [7, 11) is 1.69. The van der Waals surface area contributed by atoms with E-state index in [0.29, 0.717) is 5.92 Å². The lowest BCUT2D eigenvalue weighted by molar-refractivity contribution is 0.414. The highest BCUT2D eigenvalue weighted by Gasteiger charge is 2.06. The second-order valence-electron chi connectivity index (χ2n) is 6.43. The largest absolute Gasteiger partial charge is 0.497 e. The van der Waals surface area contributed by atoms with E-state index in [-0.39, 0.29) is 24.0 Å². The summed E-state index contributed by atoms with van der Waals surface area (Å²) in [4.78, 5) is 4.69. The maximum Gasteiger partial charge on any atom is 0.191 e. The number of nitrogens with one attached hydrogen (secondary N) is 2. The Morgan fingerprint density at radius 3 is 2.59 bits per heavy atom. The van der Waals surface area contributed by atoms with Crippen LogP contribution in [0.1, 0.15) is 37.3 Å². The molecule has 0 fully saturated rings. The Morgan fingerprint density at radius 2 is 2.00 bits per heavy atom. The Labute approximate surface area is 179 Å². The third-order valence-corrected chi connectivity index (χ3v) is 4.26. The van der Waals surface area contributed by atoms with Crippen molar-refractivity contribution in [1.82, 2.24) is 20.4 Å². The Balaban J connectivity index is 0.00000364. The molecule has 0 radical (unpaired) electrons. The molecule has 0 aliphatic rings. The summed E-state index contributed by atoms with van der Waals surface area (Å²) < 4.78 is 7.16. The molecule has 1 aromatic heterocycles. The number of halogens is 1. The molecule has 1 unspecified atom stereocenters. The fourth-order valence-electron chi connectivity index (χ4n) is 2.69. The van der Waals surface area contributed by atoms with E-state index < -0.39 is 0 Å². The summed E-state index contributed by atoms with van der Waals surface area (Å²) in [6, 6.07) is 8.28. The second kappa shape index (κ2) is 12.6. The van der Waals surface area contributed by atoms with Gasteiger partial charge in [-0.1, -0.05) is 19.1 Å². The number of guanidine groups is 1. The van der Waals surface area contributed by atoms with E-state index in [1.165, 1.54) is 11.1 Å². The van der Waals surface area contributed by atoms with E-state index in [2.05, 4.69) is 46.7 Å². The first kappa shape index (κ1) is 23.3. The maximum atomic E-state index is 5.21. The Bertz CT molecular complexity index is 684. The van der Waals surface area contributed by atoms with Crippen molar-refractivity contribution in [2.75, 3.05) is 26.7 Å². The lowest BCUT2D eigenvalue weighted by Crippen LogP contribution is -2.39. The maximum absolute atomic E-state index is 5.21. The summed E-state index contributed by atoms with van der Waals surface area (Å²) in [5, 5.41) is 11.0. The average Bonchev–Trinajstić information content (AvgIpc) is 3.07. The highest BCUT2D eigenvalue weighted by molar-refractivity contribution is 14.0. The standard InChI is InChI=1S/C20H31N5O.HI/c1-5-21-20(23-12-13-25-15-16(2)14-24-25)22-11-10-17(3)18-6-8-19(26-4)9-7-18;/h6-9,14-15,17H,5,10-13H2,1-4H3,(H2,21,22,23);1H. The SMILES string of the molecule is CCNC(=NCCC(C)c1ccc(OC)cc1)NCCn1cc(C)cn1.I. The van der Waals surface area contributed by atoms with Crippen molar-refractivity contribution < 1.29 is 4.74 Å². The molecule has 150 valence electrons. The average molecular weight is 485 g/mol. The first-order chi connectivity index (χ1) is 12.6. The Kier molecular flexibility index (Phi) is 10.8. The molecule has 1 aromatic carbocycles. The van der Waals surface area contributed by atoms with Crippen LogP contribution in [0.2, 0.25) is 0 Å².